The third kappa shape index (κ3) is 4.09. The zero-order chi connectivity index (χ0) is 16.2. The molecule has 1 heterocycles. The summed E-state index contributed by atoms with van der Waals surface area (Å²) in [4.78, 5) is 11.6. The van der Waals surface area contributed by atoms with Crippen LogP contribution in [0.15, 0.2) is 54.2 Å². The lowest BCUT2D eigenvalue weighted by molar-refractivity contribution is -0.115. The zero-order valence-electron chi connectivity index (χ0n) is 12.0. The van der Waals surface area contributed by atoms with E-state index in [1.165, 1.54) is 0 Å². The van der Waals surface area contributed by atoms with Gasteiger partial charge in [-0.1, -0.05) is 35.9 Å². The Hall–Kier alpha value is -2.37. The van der Waals surface area contributed by atoms with E-state index in [0.717, 1.165) is 16.9 Å². The van der Waals surface area contributed by atoms with Crippen LogP contribution in [-0.4, -0.2) is 11.0 Å². The van der Waals surface area contributed by atoms with E-state index >= 15 is 0 Å². The number of halogens is 1. The van der Waals surface area contributed by atoms with Crippen LogP contribution < -0.4 is 15.4 Å². The van der Waals surface area contributed by atoms with Gasteiger partial charge in [0.2, 0.25) is 0 Å². The van der Waals surface area contributed by atoms with Gasteiger partial charge in [-0.25, -0.2) is 0 Å². The van der Waals surface area contributed by atoms with Crippen LogP contribution in [0.1, 0.15) is 11.1 Å². The second-order valence-corrected chi connectivity index (χ2v) is 5.80. The highest BCUT2D eigenvalue weighted by Gasteiger charge is 2.19. The molecule has 1 amide bonds. The van der Waals surface area contributed by atoms with Crippen molar-refractivity contribution >= 4 is 40.9 Å². The van der Waals surface area contributed by atoms with Crippen LogP contribution in [0.25, 0.3) is 6.08 Å². The fourth-order valence-corrected chi connectivity index (χ4v) is 2.39. The summed E-state index contributed by atoms with van der Waals surface area (Å²) in [6.07, 6.45) is 1.73. The van der Waals surface area contributed by atoms with E-state index in [1.54, 1.807) is 6.08 Å². The summed E-state index contributed by atoms with van der Waals surface area (Å²) in [6.45, 7) is 0.468. The SMILES string of the molecule is O=C1NC(=S)N/C1=C\c1ccc(OCc2ccc(Cl)cc2)cc1. The molecule has 0 unspecified atom stereocenters. The molecule has 0 atom stereocenters. The summed E-state index contributed by atoms with van der Waals surface area (Å²) in [6, 6.07) is 15.0. The molecule has 1 saturated heterocycles. The molecule has 0 aliphatic carbocycles. The van der Waals surface area contributed by atoms with E-state index in [2.05, 4.69) is 10.6 Å². The van der Waals surface area contributed by atoms with Crippen LogP contribution >= 0.6 is 23.8 Å². The van der Waals surface area contributed by atoms with Crippen LogP contribution in [0, 0.1) is 0 Å². The number of hydrogen-bond acceptors (Lipinski definition) is 3. The van der Waals surface area contributed by atoms with Gasteiger partial charge in [0.1, 0.15) is 18.1 Å². The van der Waals surface area contributed by atoms with Crippen LogP contribution in [-0.2, 0) is 11.4 Å². The minimum atomic E-state index is -0.224. The number of amides is 1. The maximum absolute atomic E-state index is 11.6. The highest BCUT2D eigenvalue weighted by atomic mass is 35.5. The van der Waals surface area contributed by atoms with Crippen molar-refractivity contribution in [2.45, 2.75) is 6.61 Å². The Labute approximate surface area is 144 Å². The minimum absolute atomic E-state index is 0.224. The molecule has 0 bridgehead atoms. The van der Waals surface area contributed by atoms with E-state index in [4.69, 9.17) is 28.6 Å². The molecule has 3 rings (SSSR count). The van der Waals surface area contributed by atoms with Crippen LogP contribution in [0.5, 0.6) is 5.75 Å². The van der Waals surface area contributed by atoms with Gasteiger partial charge in [0.15, 0.2) is 5.11 Å². The quantitative estimate of drug-likeness (QED) is 0.660. The van der Waals surface area contributed by atoms with Crippen molar-refractivity contribution in [2.24, 2.45) is 0 Å². The van der Waals surface area contributed by atoms with Crippen molar-refractivity contribution in [2.75, 3.05) is 0 Å². The van der Waals surface area contributed by atoms with E-state index < -0.39 is 0 Å². The summed E-state index contributed by atoms with van der Waals surface area (Å²) in [7, 11) is 0. The van der Waals surface area contributed by atoms with Gasteiger partial charge >= 0.3 is 0 Å². The molecule has 0 saturated carbocycles. The van der Waals surface area contributed by atoms with Crippen molar-refractivity contribution < 1.29 is 9.53 Å². The molecule has 1 aliphatic rings. The molecule has 1 aliphatic heterocycles. The minimum Gasteiger partial charge on any atom is -0.489 e. The van der Waals surface area contributed by atoms with E-state index in [9.17, 15) is 4.79 Å². The van der Waals surface area contributed by atoms with Crippen LogP contribution in [0.3, 0.4) is 0 Å². The molecular formula is C17H13ClN2O2S. The number of nitrogens with one attached hydrogen (secondary N) is 2. The molecule has 0 radical (unpaired) electrons. The highest BCUT2D eigenvalue weighted by molar-refractivity contribution is 7.80. The van der Waals surface area contributed by atoms with Gasteiger partial charge in [-0.3, -0.25) is 10.1 Å². The van der Waals surface area contributed by atoms with E-state index in [1.807, 2.05) is 48.5 Å². The topological polar surface area (TPSA) is 50.4 Å². The smallest absolute Gasteiger partial charge is 0.273 e. The van der Waals surface area contributed by atoms with E-state index in [-0.39, 0.29) is 5.91 Å². The Morgan fingerprint density at radius 3 is 2.35 bits per heavy atom. The van der Waals surface area contributed by atoms with Gasteiger partial charge in [0.05, 0.1) is 0 Å². The predicted molar refractivity (Wildman–Crippen MR) is 94.1 cm³/mol. The Morgan fingerprint density at radius 1 is 1.04 bits per heavy atom. The Morgan fingerprint density at radius 2 is 1.74 bits per heavy atom. The number of benzene rings is 2. The maximum Gasteiger partial charge on any atom is 0.273 e. The van der Waals surface area contributed by atoms with Crippen molar-refractivity contribution in [3.05, 3.63) is 70.4 Å². The van der Waals surface area contributed by atoms with Gasteiger partial charge in [-0.2, -0.15) is 0 Å². The van der Waals surface area contributed by atoms with Gasteiger partial charge in [-0.15, -0.1) is 0 Å². The zero-order valence-corrected chi connectivity index (χ0v) is 13.6. The van der Waals surface area contributed by atoms with Gasteiger partial charge in [0, 0.05) is 5.02 Å². The standard InChI is InChI=1S/C17H13ClN2O2S/c18-13-5-1-12(2-6-13)10-22-14-7-3-11(4-8-14)9-15-16(21)20-17(23)19-15/h1-9H,10H2,(H2,19,20,21,23)/b15-9-. The molecular weight excluding hydrogens is 332 g/mol. The van der Waals surface area contributed by atoms with Crippen molar-refractivity contribution in [3.8, 4) is 5.75 Å². The number of carbonyl (C=O) groups excluding carboxylic acids is 1. The molecule has 6 heteroatoms. The van der Waals surface area contributed by atoms with Crippen molar-refractivity contribution in [1.29, 1.82) is 0 Å². The molecule has 23 heavy (non-hydrogen) atoms. The first-order chi connectivity index (χ1) is 11.1. The number of rotatable bonds is 4. The summed E-state index contributed by atoms with van der Waals surface area (Å²) in [5.41, 5.74) is 2.36. The Kier molecular flexibility index (Phi) is 4.60. The van der Waals surface area contributed by atoms with Gasteiger partial charge in [0.25, 0.3) is 5.91 Å². The number of ether oxygens (including phenoxy) is 1. The lowest BCUT2D eigenvalue weighted by Crippen LogP contribution is -2.21. The number of carbonyl (C=O) groups is 1. The monoisotopic (exact) mass is 344 g/mol. The molecule has 0 aromatic heterocycles. The van der Waals surface area contributed by atoms with Gasteiger partial charge < -0.3 is 10.1 Å². The van der Waals surface area contributed by atoms with Crippen LogP contribution in [0.2, 0.25) is 5.02 Å². The lowest BCUT2D eigenvalue weighted by Gasteiger charge is -2.07. The Bertz CT molecular complexity index is 770. The van der Waals surface area contributed by atoms with Crippen molar-refractivity contribution in [1.82, 2.24) is 10.6 Å². The summed E-state index contributed by atoms with van der Waals surface area (Å²) in [5.74, 6) is 0.527. The number of hydrogen-bond donors (Lipinski definition) is 2. The van der Waals surface area contributed by atoms with Crippen LogP contribution in [0.4, 0.5) is 0 Å². The maximum atomic E-state index is 11.6. The highest BCUT2D eigenvalue weighted by Crippen LogP contribution is 2.17. The largest absolute Gasteiger partial charge is 0.489 e. The number of thiocarbonyl (C=S) groups is 1. The molecule has 4 nitrogen and oxygen atoms in total. The average Bonchev–Trinajstić information content (AvgIpc) is 2.86. The summed E-state index contributed by atoms with van der Waals surface area (Å²) < 4.78 is 5.72. The van der Waals surface area contributed by atoms with E-state index in [0.29, 0.717) is 22.4 Å². The predicted octanol–water partition coefficient (Wildman–Crippen LogP) is 3.26. The van der Waals surface area contributed by atoms with Crippen molar-refractivity contribution in [3.63, 3.8) is 0 Å². The molecule has 1 fully saturated rings. The molecule has 116 valence electrons. The third-order valence-electron chi connectivity index (χ3n) is 3.23. The molecule has 2 aromatic rings. The second-order valence-electron chi connectivity index (χ2n) is 4.95. The first kappa shape index (κ1) is 15.5. The molecule has 2 N–H and O–H groups in total. The molecule has 0 spiro atoms. The lowest BCUT2D eigenvalue weighted by atomic mass is 10.2. The summed E-state index contributed by atoms with van der Waals surface area (Å²) >= 11 is 10.7. The first-order valence-corrected chi connectivity index (χ1v) is 7.70. The summed E-state index contributed by atoms with van der Waals surface area (Å²) in [5, 5.41) is 6.35. The Balaban J connectivity index is 1.63. The third-order valence-corrected chi connectivity index (χ3v) is 3.69. The van der Waals surface area contributed by atoms with Gasteiger partial charge in [-0.05, 0) is 53.7 Å². The molecule has 2 aromatic carbocycles. The normalized spacial score (nSPS) is 15.4. The fraction of sp³-hybridized carbons (Fsp3) is 0.0588. The average molecular weight is 345 g/mol. The second kappa shape index (κ2) is 6.81. The first-order valence-electron chi connectivity index (χ1n) is 6.91. The fourth-order valence-electron chi connectivity index (χ4n) is 2.06.